The fourth-order valence-corrected chi connectivity index (χ4v) is 4.98. The Morgan fingerprint density at radius 3 is 2.22 bits per heavy atom. The molecule has 0 unspecified atom stereocenters. The van der Waals surface area contributed by atoms with Crippen molar-refractivity contribution in [1.82, 2.24) is 4.31 Å². The molecule has 1 amide bonds. The van der Waals surface area contributed by atoms with Crippen LogP contribution in [0, 0.1) is 0 Å². The van der Waals surface area contributed by atoms with Gasteiger partial charge in [-0.05, 0) is 60.7 Å². The lowest BCUT2D eigenvalue weighted by Gasteiger charge is -2.19. The van der Waals surface area contributed by atoms with Crippen molar-refractivity contribution >= 4 is 33.2 Å². The number of methoxy groups -OCH3 is 1. The third-order valence-electron chi connectivity index (χ3n) is 5.55. The third-order valence-corrected chi connectivity index (χ3v) is 7.60. The van der Waals surface area contributed by atoms with Crippen LogP contribution in [-0.2, 0) is 16.6 Å². The quantitative estimate of drug-likeness (QED) is 0.275. The molecule has 0 radical (unpaired) electrons. The van der Waals surface area contributed by atoms with Gasteiger partial charge in [0, 0.05) is 29.7 Å². The van der Waals surface area contributed by atoms with Gasteiger partial charge < -0.3 is 14.8 Å². The lowest BCUT2D eigenvalue weighted by atomic mass is 10.1. The highest BCUT2D eigenvalue weighted by atomic mass is 35.5. The van der Waals surface area contributed by atoms with Crippen molar-refractivity contribution in [2.45, 2.75) is 11.4 Å². The molecule has 190 valence electrons. The van der Waals surface area contributed by atoms with Crippen LogP contribution >= 0.6 is 11.6 Å². The minimum Gasteiger partial charge on any atom is -0.496 e. The van der Waals surface area contributed by atoms with Crippen molar-refractivity contribution in [2.24, 2.45) is 0 Å². The van der Waals surface area contributed by atoms with E-state index in [1.165, 1.54) is 30.6 Å². The number of ether oxygens (including phenoxy) is 2. The molecule has 0 aliphatic rings. The average molecular weight is 537 g/mol. The molecule has 0 aliphatic carbocycles. The fourth-order valence-electron chi connectivity index (χ4n) is 3.64. The van der Waals surface area contributed by atoms with E-state index in [0.717, 1.165) is 0 Å². The molecular weight excluding hydrogens is 512 g/mol. The first kappa shape index (κ1) is 26.2. The molecular formula is C28H25ClN2O5S. The number of para-hydroxylation sites is 1. The summed E-state index contributed by atoms with van der Waals surface area (Å²) < 4.78 is 38.6. The van der Waals surface area contributed by atoms with E-state index >= 15 is 0 Å². The first-order valence-electron chi connectivity index (χ1n) is 11.3. The molecule has 0 heterocycles. The van der Waals surface area contributed by atoms with Crippen LogP contribution in [0.3, 0.4) is 0 Å². The van der Waals surface area contributed by atoms with E-state index in [2.05, 4.69) is 5.32 Å². The zero-order valence-electron chi connectivity index (χ0n) is 20.2. The van der Waals surface area contributed by atoms with Gasteiger partial charge in [0.2, 0.25) is 10.0 Å². The standard InChI is InChI=1S/C28H25ClN2O5S/c1-31(37(33,34)24-11-7-4-8-12-24)19-21-17-20(13-15-26(21)35-2)28(32)30-25-18-22(29)14-16-27(25)36-23-9-5-3-6-10-23/h3-18H,19H2,1-2H3,(H,30,32). The van der Waals surface area contributed by atoms with E-state index in [-0.39, 0.29) is 11.4 Å². The number of hydrogen-bond donors (Lipinski definition) is 1. The summed E-state index contributed by atoms with van der Waals surface area (Å²) in [7, 11) is -0.769. The van der Waals surface area contributed by atoms with Gasteiger partial charge in [0.05, 0.1) is 17.7 Å². The maximum atomic E-state index is 13.2. The molecule has 4 aromatic rings. The molecule has 0 fully saturated rings. The van der Waals surface area contributed by atoms with E-state index in [4.69, 9.17) is 21.1 Å². The normalized spacial score (nSPS) is 11.2. The van der Waals surface area contributed by atoms with Gasteiger partial charge in [-0.1, -0.05) is 48.0 Å². The monoisotopic (exact) mass is 536 g/mol. The summed E-state index contributed by atoms with van der Waals surface area (Å²) in [6.45, 7) is 0.00105. The molecule has 0 spiro atoms. The first-order chi connectivity index (χ1) is 17.8. The van der Waals surface area contributed by atoms with E-state index in [1.807, 2.05) is 18.2 Å². The predicted octanol–water partition coefficient (Wildman–Crippen LogP) is 6.21. The maximum absolute atomic E-state index is 13.2. The summed E-state index contributed by atoms with van der Waals surface area (Å²) in [6.07, 6.45) is 0. The summed E-state index contributed by atoms with van der Waals surface area (Å²) in [6, 6.07) is 27.1. The lowest BCUT2D eigenvalue weighted by molar-refractivity contribution is 0.102. The van der Waals surface area contributed by atoms with Crippen molar-refractivity contribution in [3.8, 4) is 17.2 Å². The zero-order chi connectivity index (χ0) is 26.4. The van der Waals surface area contributed by atoms with Gasteiger partial charge in [-0.3, -0.25) is 4.79 Å². The number of carbonyl (C=O) groups is 1. The maximum Gasteiger partial charge on any atom is 0.255 e. The van der Waals surface area contributed by atoms with Gasteiger partial charge in [0.25, 0.3) is 5.91 Å². The smallest absolute Gasteiger partial charge is 0.255 e. The highest BCUT2D eigenvalue weighted by molar-refractivity contribution is 7.89. The number of benzene rings is 4. The van der Waals surface area contributed by atoms with E-state index < -0.39 is 15.9 Å². The van der Waals surface area contributed by atoms with Crippen molar-refractivity contribution in [3.05, 3.63) is 113 Å². The van der Waals surface area contributed by atoms with Gasteiger partial charge in [-0.15, -0.1) is 0 Å². The summed E-state index contributed by atoms with van der Waals surface area (Å²) >= 11 is 6.18. The molecule has 0 atom stereocenters. The number of nitrogens with one attached hydrogen (secondary N) is 1. The molecule has 0 aromatic heterocycles. The minimum absolute atomic E-state index is 0.00105. The second kappa shape index (κ2) is 11.5. The topological polar surface area (TPSA) is 84.9 Å². The summed E-state index contributed by atoms with van der Waals surface area (Å²) in [4.78, 5) is 13.4. The summed E-state index contributed by atoms with van der Waals surface area (Å²) in [5.74, 6) is 1.07. The number of amides is 1. The number of sulfonamides is 1. The Balaban J connectivity index is 1.58. The molecule has 37 heavy (non-hydrogen) atoms. The molecule has 0 bridgehead atoms. The minimum atomic E-state index is -3.74. The fraction of sp³-hybridized carbons (Fsp3) is 0.107. The van der Waals surface area contributed by atoms with Crippen LogP contribution in [0.25, 0.3) is 0 Å². The molecule has 1 N–H and O–H groups in total. The Hall–Kier alpha value is -3.85. The number of carbonyl (C=O) groups excluding carboxylic acids is 1. The van der Waals surface area contributed by atoms with Gasteiger partial charge in [-0.2, -0.15) is 4.31 Å². The molecule has 0 saturated heterocycles. The SMILES string of the molecule is COc1ccc(C(=O)Nc2cc(Cl)ccc2Oc2ccccc2)cc1CN(C)S(=O)(=O)c1ccccc1. The van der Waals surface area contributed by atoms with Gasteiger partial charge in [0.1, 0.15) is 11.5 Å². The molecule has 0 aliphatic heterocycles. The largest absolute Gasteiger partial charge is 0.496 e. The van der Waals surface area contributed by atoms with Crippen LogP contribution < -0.4 is 14.8 Å². The zero-order valence-corrected chi connectivity index (χ0v) is 21.8. The van der Waals surface area contributed by atoms with Crippen molar-refractivity contribution in [3.63, 3.8) is 0 Å². The Morgan fingerprint density at radius 1 is 0.892 bits per heavy atom. The van der Waals surface area contributed by atoms with Gasteiger partial charge >= 0.3 is 0 Å². The highest BCUT2D eigenvalue weighted by Crippen LogP contribution is 2.33. The van der Waals surface area contributed by atoms with Crippen LogP contribution in [0.5, 0.6) is 17.2 Å². The summed E-state index contributed by atoms with van der Waals surface area (Å²) in [5.41, 5.74) is 1.23. The van der Waals surface area contributed by atoms with Crippen LogP contribution in [-0.4, -0.2) is 32.8 Å². The number of hydrogen-bond acceptors (Lipinski definition) is 5. The Labute approximate surface area is 221 Å². The highest BCUT2D eigenvalue weighted by Gasteiger charge is 2.22. The van der Waals surface area contributed by atoms with Crippen LogP contribution in [0.15, 0.2) is 102 Å². The van der Waals surface area contributed by atoms with Crippen LogP contribution in [0.4, 0.5) is 5.69 Å². The van der Waals surface area contributed by atoms with Gasteiger partial charge in [0.15, 0.2) is 5.75 Å². The molecule has 4 aromatic carbocycles. The van der Waals surface area contributed by atoms with Crippen LogP contribution in [0.2, 0.25) is 5.02 Å². The molecule has 9 heteroatoms. The average Bonchev–Trinajstić information content (AvgIpc) is 2.91. The van der Waals surface area contributed by atoms with Crippen molar-refractivity contribution < 1.29 is 22.7 Å². The van der Waals surface area contributed by atoms with Crippen molar-refractivity contribution in [1.29, 1.82) is 0 Å². The molecule has 7 nitrogen and oxygen atoms in total. The van der Waals surface area contributed by atoms with Gasteiger partial charge in [-0.25, -0.2) is 8.42 Å². The number of anilines is 1. The third kappa shape index (κ3) is 6.29. The molecule has 4 rings (SSSR count). The lowest BCUT2D eigenvalue weighted by Crippen LogP contribution is -2.27. The van der Waals surface area contributed by atoms with Crippen molar-refractivity contribution in [2.75, 3.05) is 19.5 Å². The Morgan fingerprint density at radius 2 is 1.54 bits per heavy atom. The molecule has 0 saturated carbocycles. The Bertz CT molecular complexity index is 1500. The first-order valence-corrected chi connectivity index (χ1v) is 13.1. The van der Waals surface area contributed by atoms with E-state index in [0.29, 0.717) is 39.1 Å². The Kier molecular flexibility index (Phi) is 8.13. The number of rotatable bonds is 9. The number of halogens is 1. The van der Waals surface area contributed by atoms with E-state index in [9.17, 15) is 13.2 Å². The predicted molar refractivity (Wildman–Crippen MR) is 144 cm³/mol. The number of nitrogens with zero attached hydrogens (tertiary/aromatic N) is 1. The van der Waals surface area contributed by atoms with E-state index in [1.54, 1.807) is 66.7 Å². The second-order valence-corrected chi connectivity index (χ2v) is 10.6. The summed E-state index contributed by atoms with van der Waals surface area (Å²) in [5, 5.41) is 3.27. The van der Waals surface area contributed by atoms with Crippen LogP contribution in [0.1, 0.15) is 15.9 Å². The second-order valence-electron chi connectivity index (χ2n) is 8.11.